The molecule has 1 aliphatic rings. The molecule has 1 aromatic rings. The third-order valence-corrected chi connectivity index (χ3v) is 3.34. The van der Waals surface area contributed by atoms with Crippen LogP contribution in [0.25, 0.3) is 0 Å². The van der Waals surface area contributed by atoms with Crippen molar-refractivity contribution in [2.45, 2.75) is 38.6 Å². The number of aliphatic hydroxyl groups excluding tert-OH is 1. The van der Waals surface area contributed by atoms with Crippen LogP contribution < -0.4 is 4.74 Å². The van der Waals surface area contributed by atoms with Crippen LogP contribution >= 0.6 is 0 Å². The zero-order valence-corrected chi connectivity index (χ0v) is 11.2. The van der Waals surface area contributed by atoms with E-state index in [1.54, 1.807) is 13.0 Å². The molecule has 6 heteroatoms. The first-order valence-corrected chi connectivity index (χ1v) is 6.67. The number of carbonyl (C=O) groups is 1. The molecule has 1 N–H and O–H groups in total. The third-order valence-electron chi connectivity index (χ3n) is 3.34. The van der Waals surface area contributed by atoms with Gasteiger partial charge in [0.2, 0.25) is 0 Å². The number of hydrogen-bond donors (Lipinski definition) is 1. The molecule has 1 amide bonds. The Hall–Kier alpha value is -1.56. The molecule has 1 saturated heterocycles. The van der Waals surface area contributed by atoms with E-state index in [4.69, 9.17) is 14.4 Å². The normalized spacial score (nSPS) is 18.8. The highest BCUT2D eigenvalue weighted by Crippen LogP contribution is 2.21. The maximum atomic E-state index is 12.1. The average molecular weight is 268 g/mol. The van der Waals surface area contributed by atoms with Crippen molar-refractivity contribution in [2.75, 3.05) is 19.8 Å². The van der Waals surface area contributed by atoms with Crippen LogP contribution in [0.5, 0.6) is 5.88 Å². The molecule has 0 aromatic carbocycles. The fraction of sp³-hybridized carbons (Fsp3) is 0.692. The Balaban J connectivity index is 1.81. The first-order valence-electron chi connectivity index (χ1n) is 6.67. The zero-order valence-electron chi connectivity index (χ0n) is 11.2. The summed E-state index contributed by atoms with van der Waals surface area (Å²) < 4.78 is 10.2. The number of hydrogen-bond acceptors (Lipinski definition) is 5. The molecule has 2 heterocycles. The number of amides is 1. The molecule has 0 saturated carbocycles. The maximum Gasteiger partial charge on any atom is 0.260 e. The van der Waals surface area contributed by atoms with Crippen LogP contribution in [0.1, 0.15) is 31.4 Å². The second kappa shape index (κ2) is 6.56. The summed E-state index contributed by atoms with van der Waals surface area (Å²) in [6.07, 6.45) is 3.61. The Morgan fingerprint density at radius 1 is 1.68 bits per heavy atom. The summed E-state index contributed by atoms with van der Waals surface area (Å²) in [4.78, 5) is 13.9. The van der Waals surface area contributed by atoms with E-state index in [2.05, 4.69) is 5.16 Å². The molecular weight excluding hydrogens is 248 g/mol. The highest BCUT2D eigenvalue weighted by molar-refractivity contribution is 5.78. The minimum atomic E-state index is -0.0268. The van der Waals surface area contributed by atoms with Crippen molar-refractivity contribution in [1.29, 1.82) is 0 Å². The monoisotopic (exact) mass is 268 g/mol. The standard InChI is InChI=1S/C13H20N2O4/c1-10-8-12(14-19-10)18-9-13(17)15-6-2-4-11(15)5-3-7-16/h8,11,16H,2-7,9H2,1H3. The molecule has 1 unspecified atom stereocenters. The van der Waals surface area contributed by atoms with Gasteiger partial charge in [-0.2, -0.15) is 0 Å². The molecule has 1 aliphatic heterocycles. The molecule has 6 nitrogen and oxygen atoms in total. The number of likely N-dealkylation sites (tertiary alicyclic amines) is 1. The van der Waals surface area contributed by atoms with E-state index in [1.165, 1.54) is 0 Å². The van der Waals surface area contributed by atoms with E-state index in [0.29, 0.717) is 11.6 Å². The van der Waals surface area contributed by atoms with Gasteiger partial charge in [0.15, 0.2) is 6.61 Å². The van der Waals surface area contributed by atoms with Gasteiger partial charge < -0.3 is 19.3 Å². The van der Waals surface area contributed by atoms with Gasteiger partial charge in [0.25, 0.3) is 11.8 Å². The summed E-state index contributed by atoms with van der Waals surface area (Å²) in [5.74, 6) is 0.975. The fourth-order valence-electron chi connectivity index (χ4n) is 2.42. The van der Waals surface area contributed by atoms with Gasteiger partial charge in [-0.15, -0.1) is 0 Å². The molecule has 0 bridgehead atoms. The Labute approximate surface area is 112 Å². The summed E-state index contributed by atoms with van der Waals surface area (Å²) in [6.45, 7) is 2.71. The summed E-state index contributed by atoms with van der Waals surface area (Å²) in [5.41, 5.74) is 0. The lowest BCUT2D eigenvalue weighted by Gasteiger charge is -2.24. The van der Waals surface area contributed by atoms with E-state index in [-0.39, 0.29) is 25.2 Å². The van der Waals surface area contributed by atoms with E-state index in [0.717, 1.165) is 32.2 Å². The van der Waals surface area contributed by atoms with Crippen LogP contribution in [-0.4, -0.2) is 46.9 Å². The van der Waals surface area contributed by atoms with Crippen LogP contribution in [0.4, 0.5) is 0 Å². The average Bonchev–Trinajstić information content (AvgIpc) is 3.02. The van der Waals surface area contributed by atoms with Crippen LogP contribution in [0.15, 0.2) is 10.6 Å². The Morgan fingerprint density at radius 2 is 2.53 bits per heavy atom. The largest absolute Gasteiger partial charge is 0.465 e. The number of aromatic nitrogens is 1. The van der Waals surface area contributed by atoms with Crippen molar-refractivity contribution in [2.24, 2.45) is 0 Å². The quantitative estimate of drug-likeness (QED) is 0.837. The Bertz CT molecular complexity index is 419. The van der Waals surface area contributed by atoms with Gasteiger partial charge in [-0.1, -0.05) is 0 Å². The molecule has 0 spiro atoms. The van der Waals surface area contributed by atoms with Crippen molar-refractivity contribution in [1.82, 2.24) is 10.1 Å². The molecule has 1 aromatic heterocycles. The van der Waals surface area contributed by atoms with Crippen molar-refractivity contribution in [3.8, 4) is 5.88 Å². The number of aliphatic hydroxyl groups is 1. The summed E-state index contributed by atoms with van der Waals surface area (Å²) in [6, 6.07) is 1.89. The maximum absolute atomic E-state index is 12.1. The zero-order chi connectivity index (χ0) is 13.7. The van der Waals surface area contributed by atoms with Crippen LogP contribution in [0.2, 0.25) is 0 Å². The van der Waals surface area contributed by atoms with Gasteiger partial charge in [0.05, 0.1) is 0 Å². The van der Waals surface area contributed by atoms with Gasteiger partial charge in [-0.25, -0.2) is 0 Å². The molecule has 1 atom stereocenters. The van der Waals surface area contributed by atoms with Crippen molar-refractivity contribution in [3.63, 3.8) is 0 Å². The third kappa shape index (κ3) is 3.70. The number of aryl methyl sites for hydroxylation is 1. The van der Waals surface area contributed by atoms with Crippen molar-refractivity contribution in [3.05, 3.63) is 11.8 Å². The highest BCUT2D eigenvalue weighted by atomic mass is 16.5. The molecule has 2 rings (SSSR count). The minimum absolute atomic E-state index is 0.0123. The number of carbonyl (C=O) groups excluding carboxylic acids is 1. The van der Waals surface area contributed by atoms with E-state index in [1.807, 2.05) is 4.90 Å². The molecule has 19 heavy (non-hydrogen) atoms. The number of nitrogens with zero attached hydrogens (tertiary/aromatic N) is 2. The van der Waals surface area contributed by atoms with Crippen molar-refractivity contribution < 1.29 is 19.2 Å². The predicted octanol–water partition coefficient (Wildman–Crippen LogP) is 1.13. The molecule has 1 fully saturated rings. The number of rotatable bonds is 6. The van der Waals surface area contributed by atoms with Gasteiger partial charge in [0.1, 0.15) is 5.76 Å². The molecular formula is C13H20N2O4. The predicted molar refractivity (Wildman–Crippen MR) is 67.8 cm³/mol. The first kappa shape index (κ1) is 13.9. The van der Waals surface area contributed by atoms with Gasteiger partial charge in [0, 0.05) is 25.3 Å². The summed E-state index contributed by atoms with van der Waals surface area (Å²) in [7, 11) is 0. The highest BCUT2D eigenvalue weighted by Gasteiger charge is 2.28. The van der Waals surface area contributed by atoms with E-state index < -0.39 is 0 Å². The van der Waals surface area contributed by atoms with Gasteiger partial charge in [-0.05, 0) is 37.8 Å². The lowest BCUT2D eigenvalue weighted by Crippen LogP contribution is -2.38. The van der Waals surface area contributed by atoms with Crippen LogP contribution in [0.3, 0.4) is 0 Å². The number of ether oxygens (including phenoxy) is 1. The lowest BCUT2D eigenvalue weighted by atomic mass is 10.1. The Morgan fingerprint density at radius 3 is 3.21 bits per heavy atom. The second-order valence-corrected chi connectivity index (χ2v) is 4.81. The first-order chi connectivity index (χ1) is 9.20. The van der Waals surface area contributed by atoms with Gasteiger partial charge >= 0.3 is 0 Å². The van der Waals surface area contributed by atoms with Gasteiger partial charge in [-0.3, -0.25) is 4.79 Å². The topological polar surface area (TPSA) is 75.8 Å². The smallest absolute Gasteiger partial charge is 0.260 e. The summed E-state index contributed by atoms with van der Waals surface area (Å²) in [5, 5.41) is 12.5. The summed E-state index contributed by atoms with van der Waals surface area (Å²) >= 11 is 0. The SMILES string of the molecule is Cc1cc(OCC(=O)N2CCCC2CCCO)no1. The second-order valence-electron chi connectivity index (χ2n) is 4.81. The van der Waals surface area contributed by atoms with E-state index >= 15 is 0 Å². The lowest BCUT2D eigenvalue weighted by molar-refractivity contribution is -0.134. The fourth-order valence-corrected chi connectivity index (χ4v) is 2.42. The molecule has 0 radical (unpaired) electrons. The van der Waals surface area contributed by atoms with E-state index in [9.17, 15) is 4.79 Å². The Kier molecular flexibility index (Phi) is 4.79. The van der Waals surface area contributed by atoms with Crippen LogP contribution in [-0.2, 0) is 4.79 Å². The molecule has 106 valence electrons. The van der Waals surface area contributed by atoms with Crippen LogP contribution in [0, 0.1) is 6.92 Å². The molecule has 0 aliphatic carbocycles. The minimum Gasteiger partial charge on any atom is -0.465 e. The van der Waals surface area contributed by atoms with Crippen molar-refractivity contribution >= 4 is 5.91 Å².